The molecule has 1 atom stereocenters. The van der Waals surface area contributed by atoms with Crippen LogP contribution in [0.15, 0.2) is 71.7 Å². The van der Waals surface area contributed by atoms with Crippen LogP contribution in [0.1, 0.15) is 24.0 Å². The molecule has 1 saturated heterocycles. The lowest BCUT2D eigenvalue weighted by Crippen LogP contribution is -2.43. The average molecular weight is 437 g/mol. The summed E-state index contributed by atoms with van der Waals surface area (Å²) >= 11 is 6.01. The minimum absolute atomic E-state index is 0.0232. The Labute approximate surface area is 186 Å². The van der Waals surface area contributed by atoms with Crippen LogP contribution in [0.5, 0.6) is 0 Å². The zero-order chi connectivity index (χ0) is 21.6. The molecule has 1 unspecified atom stereocenters. The van der Waals surface area contributed by atoms with Gasteiger partial charge in [-0.3, -0.25) is 9.59 Å². The summed E-state index contributed by atoms with van der Waals surface area (Å²) in [4.78, 5) is 27.4. The number of hydrogen-bond acceptors (Lipinski definition) is 4. The molecule has 0 radical (unpaired) electrons. The summed E-state index contributed by atoms with van der Waals surface area (Å²) in [5.74, 6) is -0.102. The maximum Gasteiger partial charge on any atom is 0.269 e. The van der Waals surface area contributed by atoms with E-state index in [2.05, 4.69) is 15.3 Å². The van der Waals surface area contributed by atoms with Gasteiger partial charge in [0.15, 0.2) is 0 Å². The molecule has 1 aliphatic heterocycles. The SMILES string of the molecule is O=C(NCc1cccc(Cl)c1)C1CCCN(c2cnn(Cc3ccccc3)c(=O)c2)C1. The maximum absolute atomic E-state index is 12.7. The number of rotatable bonds is 6. The summed E-state index contributed by atoms with van der Waals surface area (Å²) in [6.45, 7) is 2.27. The van der Waals surface area contributed by atoms with Crippen molar-refractivity contribution in [3.8, 4) is 0 Å². The molecule has 2 heterocycles. The maximum atomic E-state index is 12.7. The van der Waals surface area contributed by atoms with Gasteiger partial charge < -0.3 is 10.2 Å². The van der Waals surface area contributed by atoms with Crippen LogP contribution in [0.2, 0.25) is 5.02 Å². The van der Waals surface area contributed by atoms with E-state index in [4.69, 9.17) is 11.6 Å². The Balaban J connectivity index is 1.38. The van der Waals surface area contributed by atoms with Crippen molar-refractivity contribution in [1.82, 2.24) is 15.1 Å². The van der Waals surface area contributed by atoms with E-state index in [1.165, 1.54) is 4.68 Å². The number of aromatic nitrogens is 2. The number of nitrogens with zero attached hydrogens (tertiary/aromatic N) is 3. The minimum Gasteiger partial charge on any atom is -0.369 e. The van der Waals surface area contributed by atoms with Crippen molar-refractivity contribution >= 4 is 23.2 Å². The molecule has 1 amide bonds. The van der Waals surface area contributed by atoms with Gasteiger partial charge in [0.2, 0.25) is 5.91 Å². The first-order valence-corrected chi connectivity index (χ1v) is 10.8. The molecule has 7 heteroatoms. The van der Waals surface area contributed by atoms with E-state index in [-0.39, 0.29) is 17.4 Å². The van der Waals surface area contributed by atoms with E-state index in [0.29, 0.717) is 24.7 Å². The highest BCUT2D eigenvalue weighted by Gasteiger charge is 2.26. The zero-order valence-corrected chi connectivity index (χ0v) is 18.0. The number of nitrogens with one attached hydrogen (secondary N) is 1. The monoisotopic (exact) mass is 436 g/mol. The van der Waals surface area contributed by atoms with Crippen molar-refractivity contribution < 1.29 is 4.79 Å². The molecule has 3 aromatic rings. The number of anilines is 1. The molecule has 6 nitrogen and oxygen atoms in total. The number of hydrogen-bond donors (Lipinski definition) is 1. The summed E-state index contributed by atoms with van der Waals surface area (Å²) in [5, 5.41) is 8.02. The fourth-order valence-electron chi connectivity index (χ4n) is 3.88. The quantitative estimate of drug-likeness (QED) is 0.642. The van der Waals surface area contributed by atoms with Crippen LogP contribution in [0.25, 0.3) is 0 Å². The first kappa shape index (κ1) is 21.1. The second-order valence-electron chi connectivity index (χ2n) is 7.83. The molecule has 0 saturated carbocycles. The summed E-state index contributed by atoms with van der Waals surface area (Å²) in [6.07, 6.45) is 3.44. The van der Waals surface area contributed by atoms with Gasteiger partial charge in [-0.1, -0.05) is 54.1 Å². The Hall–Kier alpha value is -3.12. The average Bonchev–Trinajstić information content (AvgIpc) is 2.80. The number of benzene rings is 2. The lowest BCUT2D eigenvalue weighted by Gasteiger charge is -2.33. The topological polar surface area (TPSA) is 67.2 Å². The minimum atomic E-state index is -0.145. The second kappa shape index (κ2) is 9.79. The van der Waals surface area contributed by atoms with Crippen LogP contribution < -0.4 is 15.8 Å². The summed E-state index contributed by atoms with van der Waals surface area (Å²) in [7, 11) is 0. The highest BCUT2D eigenvalue weighted by Crippen LogP contribution is 2.22. The summed E-state index contributed by atoms with van der Waals surface area (Å²) in [5.41, 5.74) is 2.62. The number of carbonyl (C=O) groups is 1. The molecule has 1 aromatic heterocycles. The molecule has 0 aliphatic carbocycles. The lowest BCUT2D eigenvalue weighted by molar-refractivity contribution is -0.125. The highest BCUT2D eigenvalue weighted by molar-refractivity contribution is 6.30. The highest BCUT2D eigenvalue weighted by atomic mass is 35.5. The third-order valence-corrected chi connectivity index (χ3v) is 5.78. The van der Waals surface area contributed by atoms with Crippen LogP contribution in [0.4, 0.5) is 5.69 Å². The van der Waals surface area contributed by atoms with Crippen molar-refractivity contribution in [2.24, 2.45) is 5.92 Å². The van der Waals surface area contributed by atoms with Gasteiger partial charge in [0.05, 0.1) is 24.3 Å². The fraction of sp³-hybridized carbons (Fsp3) is 0.292. The molecular weight excluding hydrogens is 412 g/mol. The first-order chi connectivity index (χ1) is 15.1. The summed E-state index contributed by atoms with van der Waals surface area (Å²) < 4.78 is 1.46. The van der Waals surface area contributed by atoms with Gasteiger partial charge in [-0.25, -0.2) is 4.68 Å². The molecule has 0 bridgehead atoms. The standard InChI is InChI=1S/C24H25ClN4O2/c25-21-10-4-8-19(12-21)14-26-24(31)20-9-5-11-28(17-20)22-13-23(30)29(27-15-22)16-18-6-2-1-3-7-18/h1-4,6-8,10,12-13,15,20H,5,9,11,14,16-17H2,(H,26,31). The molecule has 1 aliphatic rings. The van der Waals surface area contributed by atoms with Crippen LogP contribution in [-0.2, 0) is 17.9 Å². The van der Waals surface area contributed by atoms with Crippen LogP contribution in [0.3, 0.4) is 0 Å². The smallest absolute Gasteiger partial charge is 0.269 e. The molecule has 31 heavy (non-hydrogen) atoms. The molecule has 1 N–H and O–H groups in total. The van der Waals surface area contributed by atoms with Gasteiger partial charge >= 0.3 is 0 Å². The van der Waals surface area contributed by atoms with E-state index in [1.54, 1.807) is 12.3 Å². The fourth-order valence-corrected chi connectivity index (χ4v) is 4.09. The van der Waals surface area contributed by atoms with Crippen LogP contribution in [-0.4, -0.2) is 28.8 Å². The predicted octanol–water partition coefficient (Wildman–Crippen LogP) is 3.48. The molecular formula is C24H25ClN4O2. The van der Waals surface area contributed by atoms with Crippen molar-refractivity contribution in [2.45, 2.75) is 25.9 Å². The zero-order valence-electron chi connectivity index (χ0n) is 17.2. The van der Waals surface area contributed by atoms with Crippen LogP contribution >= 0.6 is 11.6 Å². The van der Waals surface area contributed by atoms with Crippen molar-refractivity contribution in [2.75, 3.05) is 18.0 Å². The van der Waals surface area contributed by atoms with E-state index in [1.807, 2.05) is 54.6 Å². The molecule has 0 spiro atoms. The van der Waals surface area contributed by atoms with Gasteiger partial charge in [-0.05, 0) is 36.1 Å². The number of halogens is 1. The van der Waals surface area contributed by atoms with Gasteiger partial charge in [0.1, 0.15) is 0 Å². The van der Waals surface area contributed by atoms with E-state index in [0.717, 1.165) is 36.2 Å². The summed E-state index contributed by atoms with van der Waals surface area (Å²) in [6, 6.07) is 18.9. The number of carbonyl (C=O) groups excluding carboxylic acids is 1. The largest absolute Gasteiger partial charge is 0.369 e. The van der Waals surface area contributed by atoms with Gasteiger partial charge in [0, 0.05) is 30.7 Å². The molecule has 4 rings (SSSR count). The third-order valence-electron chi connectivity index (χ3n) is 5.54. The Morgan fingerprint density at radius 1 is 1.10 bits per heavy atom. The third kappa shape index (κ3) is 5.52. The van der Waals surface area contributed by atoms with Crippen molar-refractivity contribution in [1.29, 1.82) is 0 Å². The molecule has 2 aromatic carbocycles. The van der Waals surface area contributed by atoms with Gasteiger partial charge in [-0.15, -0.1) is 0 Å². The first-order valence-electron chi connectivity index (χ1n) is 10.5. The van der Waals surface area contributed by atoms with E-state index >= 15 is 0 Å². The molecule has 1 fully saturated rings. The van der Waals surface area contributed by atoms with Gasteiger partial charge in [-0.2, -0.15) is 5.10 Å². The Morgan fingerprint density at radius 3 is 2.68 bits per heavy atom. The Bertz CT molecular complexity index is 1100. The van der Waals surface area contributed by atoms with Crippen molar-refractivity contribution in [3.63, 3.8) is 0 Å². The van der Waals surface area contributed by atoms with E-state index < -0.39 is 0 Å². The Morgan fingerprint density at radius 2 is 1.90 bits per heavy atom. The Kier molecular flexibility index (Phi) is 6.67. The van der Waals surface area contributed by atoms with Crippen molar-refractivity contribution in [3.05, 3.63) is 93.4 Å². The number of piperidine rings is 1. The lowest BCUT2D eigenvalue weighted by atomic mass is 9.96. The van der Waals surface area contributed by atoms with Gasteiger partial charge in [0.25, 0.3) is 5.56 Å². The van der Waals surface area contributed by atoms with Crippen LogP contribution in [0, 0.1) is 5.92 Å². The van der Waals surface area contributed by atoms with E-state index in [9.17, 15) is 9.59 Å². The molecule has 160 valence electrons. The second-order valence-corrected chi connectivity index (χ2v) is 8.26. The number of amides is 1. The normalized spacial score (nSPS) is 16.2. The predicted molar refractivity (Wildman–Crippen MR) is 122 cm³/mol.